The van der Waals surface area contributed by atoms with Gasteiger partial charge in [0.05, 0.1) is 42.6 Å². The van der Waals surface area contributed by atoms with Gasteiger partial charge in [0, 0.05) is 31.3 Å². The van der Waals surface area contributed by atoms with Crippen LogP contribution in [0.1, 0.15) is 22.5 Å². The van der Waals surface area contributed by atoms with E-state index in [2.05, 4.69) is 15.2 Å². The van der Waals surface area contributed by atoms with Crippen LogP contribution in [0.15, 0.2) is 41.6 Å². The Bertz CT molecular complexity index is 1220. The summed E-state index contributed by atoms with van der Waals surface area (Å²) in [6.45, 7) is 0.838. The summed E-state index contributed by atoms with van der Waals surface area (Å²) < 4.78 is 49.0. The SMILES string of the molecule is COCC(SC)(c1ccccc1C(F)(F)F)n1cnc2c1CCN(c1cn[nH]c(=O)c1Cl)C2. The van der Waals surface area contributed by atoms with Gasteiger partial charge in [-0.3, -0.25) is 4.79 Å². The molecule has 1 unspecified atom stereocenters. The molecule has 1 aliphatic rings. The van der Waals surface area contributed by atoms with Crippen molar-refractivity contribution < 1.29 is 17.9 Å². The maximum absolute atomic E-state index is 13.9. The predicted molar refractivity (Wildman–Crippen MR) is 121 cm³/mol. The number of halogens is 4. The first kappa shape index (κ1) is 23.7. The van der Waals surface area contributed by atoms with Gasteiger partial charge in [0.25, 0.3) is 5.56 Å². The number of imidazole rings is 1. The highest BCUT2D eigenvalue weighted by Crippen LogP contribution is 2.45. The van der Waals surface area contributed by atoms with Crippen molar-refractivity contribution in [2.75, 3.05) is 31.4 Å². The number of aromatic nitrogens is 4. The lowest BCUT2D eigenvalue weighted by Crippen LogP contribution is -2.40. The standard InChI is InChI=1S/C21H21ClF3N5O2S/c1-32-11-20(33-2,13-5-3-4-6-14(13)21(23,24)25)30-12-26-15-10-29(8-7-16(15)30)17-9-27-28-19(31)18(17)22/h3-6,9,12H,7-8,10-11H2,1-2H3,(H,28,31). The third kappa shape index (κ3) is 4.13. The quantitative estimate of drug-likeness (QED) is 0.554. The zero-order valence-corrected chi connectivity index (χ0v) is 19.4. The number of ether oxygens (including phenoxy) is 1. The Kier molecular flexibility index (Phi) is 6.47. The number of anilines is 1. The van der Waals surface area contributed by atoms with Crippen LogP contribution in [-0.4, -0.2) is 46.3 Å². The van der Waals surface area contributed by atoms with E-state index < -0.39 is 22.2 Å². The Morgan fingerprint density at radius 1 is 1.27 bits per heavy atom. The molecule has 0 fully saturated rings. The van der Waals surface area contributed by atoms with Crippen molar-refractivity contribution in [2.24, 2.45) is 0 Å². The van der Waals surface area contributed by atoms with Crippen molar-refractivity contribution in [3.8, 4) is 0 Å². The normalized spacial score (nSPS) is 15.9. The number of H-pyrrole nitrogens is 1. The van der Waals surface area contributed by atoms with Crippen LogP contribution in [-0.2, 0) is 28.7 Å². The summed E-state index contributed by atoms with van der Waals surface area (Å²) in [5, 5.41) is 6.13. The van der Waals surface area contributed by atoms with E-state index in [0.717, 1.165) is 11.8 Å². The maximum Gasteiger partial charge on any atom is 0.416 e. The zero-order chi connectivity index (χ0) is 23.8. The van der Waals surface area contributed by atoms with Crippen LogP contribution in [0.3, 0.4) is 0 Å². The molecule has 12 heteroatoms. The maximum atomic E-state index is 13.9. The van der Waals surface area contributed by atoms with Gasteiger partial charge in [-0.25, -0.2) is 10.1 Å². The number of nitrogens with zero attached hydrogens (tertiary/aromatic N) is 4. The van der Waals surface area contributed by atoms with Gasteiger partial charge in [-0.05, 0) is 12.3 Å². The number of benzene rings is 1. The van der Waals surface area contributed by atoms with Crippen molar-refractivity contribution in [1.82, 2.24) is 19.7 Å². The molecule has 7 nitrogen and oxygen atoms in total. The highest BCUT2D eigenvalue weighted by molar-refractivity contribution is 7.99. The minimum absolute atomic E-state index is 0.0115. The molecule has 3 aromatic rings. The monoisotopic (exact) mass is 499 g/mol. The second-order valence-corrected chi connectivity index (χ2v) is 9.00. The first-order chi connectivity index (χ1) is 15.7. The van der Waals surface area contributed by atoms with E-state index in [1.165, 1.54) is 37.2 Å². The van der Waals surface area contributed by atoms with Crippen LogP contribution in [0.25, 0.3) is 0 Å². The third-order valence-corrected chi connectivity index (χ3v) is 7.33. The first-order valence-electron chi connectivity index (χ1n) is 9.97. The molecule has 1 atom stereocenters. The molecular formula is C21H21ClF3N5O2S. The number of aromatic amines is 1. The molecule has 176 valence electrons. The van der Waals surface area contributed by atoms with E-state index in [0.29, 0.717) is 30.9 Å². The van der Waals surface area contributed by atoms with Gasteiger partial charge in [0.15, 0.2) is 0 Å². The molecule has 4 rings (SSSR count). The van der Waals surface area contributed by atoms with E-state index in [4.69, 9.17) is 16.3 Å². The van der Waals surface area contributed by atoms with Gasteiger partial charge in [-0.2, -0.15) is 18.3 Å². The van der Waals surface area contributed by atoms with E-state index >= 15 is 0 Å². The van der Waals surface area contributed by atoms with Gasteiger partial charge in [0.1, 0.15) is 9.89 Å². The molecule has 0 radical (unpaired) electrons. The lowest BCUT2D eigenvalue weighted by molar-refractivity contribution is -0.138. The summed E-state index contributed by atoms with van der Waals surface area (Å²) in [5.74, 6) is 0. The molecule has 0 amide bonds. The van der Waals surface area contributed by atoms with Gasteiger partial charge in [-0.1, -0.05) is 29.8 Å². The number of methoxy groups -OCH3 is 1. The number of thioether (sulfide) groups is 1. The van der Waals surface area contributed by atoms with Crippen LogP contribution in [0, 0.1) is 0 Å². The van der Waals surface area contributed by atoms with Crippen molar-refractivity contribution in [1.29, 1.82) is 0 Å². The smallest absolute Gasteiger partial charge is 0.381 e. The van der Waals surface area contributed by atoms with Crippen molar-refractivity contribution in [3.05, 3.63) is 74.7 Å². The molecule has 3 heterocycles. The Balaban J connectivity index is 1.80. The van der Waals surface area contributed by atoms with Gasteiger partial charge < -0.3 is 14.2 Å². The number of rotatable bonds is 6. The lowest BCUT2D eigenvalue weighted by atomic mass is 9.98. The molecule has 33 heavy (non-hydrogen) atoms. The van der Waals surface area contributed by atoms with Crippen molar-refractivity contribution in [3.63, 3.8) is 0 Å². The van der Waals surface area contributed by atoms with Crippen LogP contribution in [0.5, 0.6) is 0 Å². The van der Waals surface area contributed by atoms with E-state index in [-0.39, 0.29) is 17.2 Å². The molecule has 0 aliphatic carbocycles. The summed E-state index contributed by atoms with van der Waals surface area (Å²) in [5.41, 5.74) is 0.890. The molecule has 0 saturated carbocycles. The number of hydrogen-bond acceptors (Lipinski definition) is 6. The molecule has 0 bridgehead atoms. The molecule has 1 N–H and O–H groups in total. The summed E-state index contributed by atoms with van der Waals surface area (Å²) in [7, 11) is 1.47. The molecule has 1 aromatic carbocycles. The third-order valence-electron chi connectivity index (χ3n) is 5.75. The molecule has 2 aromatic heterocycles. The molecule has 1 aliphatic heterocycles. The summed E-state index contributed by atoms with van der Waals surface area (Å²) in [6.07, 6.45) is 0.762. The zero-order valence-electron chi connectivity index (χ0n) is 17.8. The Morgan fingerprint density at radius 3 is 2.67 bits per heavy atom. The fourth-order valence-corrected chi connectivity index (χ4v) is 5.43. The van der Waals surface area contributed by atoms with Crippen LogP contribution >= 0.6 is 23.4 Å². The van der Waals surface area contributed by atoms with E-state index in [1.807, 2.05) is 4.90 Å². The molecule has 0 spiro atoms. The predicted octanol–water partition coefficient (Wildman–Crippen LogP) is 3.91. The first-order valence-corrected chi connectivity index (χ1v) is 11.6. The Labute approximate surface area is 196 Å². The lowest BCUT2D eigenvalue weighted by Gasteiger charge is -2.38. The summed E-state index contributed by atoms with van der Waals surface area (Å²) in [4.78, 5) is 17.1. The van der Waals surface area contributed by atoms with Crippen LogP contribution < -0.4 is 10.5 Å². The van der Waals surface area contributed by atoms with Crippen molar-refractivity contribution in [2.45, 2.75) is 24.0 Å². The van der Waals surface area contributed by atoms with Crippen molar-refractivity contribution >= 4 is 29.1 Å². The minimum Gasteiger partial charge on any atom is -0.381 e. The average Bonchev–Trinajstić information content (AvgIpc) is 3.22. The van der Waals surface area contributed by atoms with Gasteiger partial charge >= 0.3 is 6.18 Å². The second kappa shape index (κ2) is 9.03. The number of alkyl halides is 3. The fraction of sp³-hybridized carbons (Fsp3) is 0.381. The summed E-state index contributed by atoms with van der Waals surface area (Å²) >= 11 is 7.42. The molecule has 0 saturated heterocycles. The van der Waals surface area contributed by atoms with Gasteiger partial charge in [-0.15, -0.1) is 11.8 Å². The largest absolute Gasteiger partial charge is 0.416 e. The highest BCUT2D eigenvalue weighted by Gasteiger charge is 2.44. The minimum atomic E-state index is -4.52. The van der Waals surface area contributed by atoms with Gasteiger partial charge in [0.2, 0.25) is 0 Å². The van der Waals surface area contributed by atoms with Crippen LogP contribution in [0.2, 0.25) is 5.02 Å². The Hall–Kier alpha value is -2.50. The number of hydrogen-bond donors (Lipinski definition) is 1. The average molecular weight is 500 g/mol. The Morgan fingerprint density at radius 2 is 2.00 bits per heavy atom. The number of nitrogens with one attached hydrogen (secondary N) is 1. The second-order valence-electron chi connectivity index (χ2n) is 7.54. The highest BCUT2D eigenvalue weighted by atomic mass is 35.5. The topological polar surface area (TPSA) is 76.0 Å². The van der Waals surface area contributed by atoms with E-state index in [9.17, 15) is 18.0 Å². The molecular weight excluding hydrogens is 479 g/mol. The van der Waals surface area contributed by atoms with Crippen LogP contribution in [0.4, 0.5) is 18.9 Å². The fourth-order valence-electron chi connectivity index (χ4n) is 4.23. The number of fused-ring (bicyclic) bond motifs is 1. The van der Waals surface area contributed by atoms with E-state index in [1.54, 1.807) is 23.2 Å². The summed E-state index contributed by atoms with van der Waals surface area (Å²) in [6, 6.07) is 5.55.